The van der Waals surface area contributed by atoms with Gasteiger partial charge in [0.25, 0.3) is 5.92 Å². The van der Waals surface area contributed by atoms with E-state index in [2.05, 4.69) is 22.2 Å². The van der Waals surface area contributed by atoms with Crippen LogP contribution in [-0.2, 0) is 0 Å². The molecule has 0 bridgehead atoms. The van der Waals surface area contributed by atoms with Crippen molar-refractivity contribution in [3.63, 3.8) is 0 Å². The highest BCUT2D eigenvalue weighted by Gasteiger charge is 2.33. The largest absolute Gasteiger partial charge is 0.314 e. The van der Waals surface area contributed by atoms with Gasteiger partial charge >= 0.3 is 0 Å². The summed E-state index contributed by atoms with van der Waals surface area (Å²) in [6, 6.07) is 0.658. The Balaban J connectivity index is 1.72. The molecule has 4 nitrogen and oxygen atoms in total. The van der Waals surface area contributed by atoms with Crippen LogP contribution in [-0.4, -0.2) is 93.1 Å². The van der Waals surface area contributed by atoms with Gasteiger partial charge in [0.2, 0.25) is 0 Å². The van der Waals surface area contributed by atoms with E-state index in [0.717, 1.165) is 39.3 Å². The van der Waals surface area contributed by atoms with E-state index in [1.807, 2.05) is 4.90 Å². The molecule has 2 rings (SSSR count). The lowest BCUT2D eigenvalue weighted by molar-refractivity contribution is -0.0435. The predicted molar refractivity (Wildman–Crippen MR) is 77.4 cm³/mol. The molecule has 0 radical (unpaired) electrons. The maximum Gasteiger partial charge on any atom is 0.272 e. The summed E-state index contributed by atoms with van der Waals surface area (Å²) in [4.78, 5) is 6.77. The minimum absolute atomic E-state index is 0.116. The number of likely N-dealkylation sites (tertiary alicyclic amines) is 1. The molecule has 0 saturated carbocycles. The summed E-state index contributed by atoms with van der Waals surface area (Å²) in [5.74, 6) is -2.62. The molecule has 20 heavy (non-hydrogen) atoms. The van der Waals surface area contributed by atoms with Crippen LogP contribution >= 0.6 is 0 Å². The first kappa shape index (κ1) is 16.1. The number of alkyl halides is 2. The Morgan fingerprint density at radius 2 is 1.65 bits per heavy atom. The highest BCUT2D eigenvalue weighted by Crippen LogP contribution is 2.19. The number of piperidine rings is 1. The zero-order chi connectivity index (χ0) is 14.6. The lowest BCUT2D eigenvalue weighted by atomic mass is 10.0. The number of hydrogen-bond acceptors (Lipinski definition) is 4. The zero-order valence-electron chi connectivity index (χ0n) is 12.7. The third-order valence-electron chi connectivity index (χ3n) is 4.50. The van der Waals surface area contributed by atoms with E-state index in [9.17, 15) is 8.78 Å². The van der Waals surface area contributed by atoms with Gasteiger partial charge in [0.1, 0.15) is 0 Å². The Hall–Kier alpha value is -0.300. The molecule has 6 heteroatoms. The summed E-state index contributed by atoms with van der Waals surface area (Å²) in [6.45, 7) is 5.37. The standard InChI is InChI=1S/C14H28F2N4/c1-17-11-14(15,16)12-19-7-9-20(10-8-19)13-3-5-18(2)6-4-13/h13,17H,3-12H2,1-2H3. The van der Waals surface area contributed by atoms with Crippen LogP contribution in [0.2, 0.25) is 0 Å². The number of nitrogens with zero attached hydrogens (tertiary/aromatic N) is 3. The van der Waals surface area contributed by atoms with Crippen LogP contribution in [0.3, 0.4) is 0 Å². The van der Waals surface area contributed by atoms with Gasteiger partial charge in [-0.05, 0) is 40.0 Å². The van der Waals surface area contributed by atoms with E-state index >= 15 is 0 Å². The lowest BCUT2D eigenvalue weighted by Crippen LogP contribution is -2.55. The van der Waals surface area contributed by atoms with Crippen LogP contribution in [0.5, 0.6) is 0 Å². The SMILES string of the molecule is CNCC(F)(F)CN1CCN(C2CCN(C)CC2)CC1. The van der Waals surface area contributed by atoms with Crippen molar-refractivity contribution in [3.05, 3.63) is 0 Å². The summed E-state index contributed by atoms with van der Waals surface area (Å²) in [7, 11) is 3.74. The normalized spacial score (nSPS) is 25.2. The van der Waals surface area contributed by atoms with Crippen molar-refractivity contribution in [3.8, 4) is 0 Å². The molecule has 2 saturated heterocycles. The molecular weight excluding hydrogens is 262 g/mol. The summed E-state index contributed by atoms with van der Waals surface area (Å²) >= 11 is 0. The highest BCUT2D eigenvalue weighted by atomic mass is 19.3. The van der Waals surface area contributed by atoms with E-state index in [0.29, 0.717) is 6.04 Å². The third-order valence-corrected chi connectivity index (χ3v) is 4.50. The summed E-state index contributed by atoms with van der Waals surface area (Å²) in [6.07, 6.45) is 2.43. The van der Waals surface area contributed by atoms with Gasteiger partial charge in [0.15, 0.2) is 0 Å². The minimum atomic E-state index is -2.62. The van der Waals surface area contributed by atoms with Crippen LogP contribution in [0, 0.1) is 0 Å². The molecule has 2 fully saturated rings. The Bertz CT molecular complexity index is 285. The summed E-state index contributed by atoms with van der Waals surface area (Å²) in [5, 5.41) is 2.57. The second-order valence-corrected chi connectivity index (χ2v) is 6.23. The van der Waals surface area contributed by atoms with Crippen LogP contribution in [0.15, 0.2) is 0 Å². The first-order valence-corrected chi connectivity index (χ1v) is 7.67. The van der Waals surface area contributed by atoms with Crippen molar-refractivity contribution < 1.29 is 8.78 Å². The number of nitrogens with one attached hydrogen (secondary N) is 1. The molecule has 0 spiro atoms. The first-order valence-electron chi connectivity index (χ1n) is 7.67. The Kier molecular flexibility index (Phi) is 5.72. The molecule has 2 aliphatic heterocycles. The molecule has 2 heterocycles. The van der Waals surface area contributed by atoms with Crippen molar-refractivity contribution in [2.75, 3.05) is 66.5 Å². The van der Waals surface area contributed by atoms with Crippen molar-refractivity contribution in [1.29, 1.82) is 0 Å². The van der Waals surface area contributed by atoms with E-state index in [-0.39, 0.29) is 13.1 Å². The van der Waals surface area contributed by atoms with Gasteiger partial charge < -0.3 is 10.2 Å². The van der Waals surface area contributed by atoms with Gasteiger partial charge in [-0.15, -0.1) is 0 Å². The van der Waals surface area contributed by atoms with Crippen LogP contribution in [0.1, 0.15) is 12.8 Å². The monoisotopic (exact) mass is 290 g/mol. The molecular formula is C14H28F2N4. The van der Waals surface area contributed by atoms with Crippen molar-refractivity contribution >= 4 is 0 Å². The molecule has 0 aliphatic carbocycles. The van der Waals surface area contributed by atoms with Crippen molar-refractivity contribution in [1.82, 2.24) is 20.0 Å². The first-order chi connectivity index (χ1) is 9.50. The molecule has 2 aliphatic rings. The molecule has 0 aromatic rings. The van der Waals surface area contributed by atoms with Crippen LogP contribution in [0.4, 0.5) is 8.78 Å². The smallest absolute Gasteiger partial charge is 0.272 e. The van der Waals surface area contributed by atoms with Crippen molar-refractivity contribution in [2.45, 2.75) is 24.8 Å². The number of piperazine rings is 1. The maximum absolute atomic E-state index is 13.6. The van der Waals surface area contributed by atoms with Gasteiger partial charge in [0.05, 0.1) is 13.1 Å². The van der Waals surface area contributed by atoms with Gasteiger partial charge in [-0.2, -0.15) is 0 Å². The van der Waals surface area contributed by atoms with Gasteiger partial charge in [0, 0.05) is 32.2 Å². The molecule has 0 unspecified atom stereocenters. The van der Waals surface area contributed by atoms with Crippen LogP contribution < -0.4 is 5.32 Å². The zero-order valence-corrected chi connectivity index (χ0v) is 12.7. The Labute approximate surface area is 121 Å². The second-order valence-electron chi connectivity index (χ2n) is 6.23. The fourth-order valence-corrected chi connectivity index (χ4v) is 3.29. The number of halogens is 2. The van der Waals surface area contributed by atoms with E-state index in [4.69, 9.17) is 0 Å². The van der Waals surface area contributed by atoms with Gasteiger partial charge in [-0.3, -0.25) is 9.80 Å². The lowest BCUT2D eigenvalue weighted by Gasteiger charge is -2.42. The quantitative estimate of drug-likeness (QED) is 0.798. The molecule has 0 aromatic carbocycles. The van der Waals surface area contributed by atoms with Crippen LogP contribution in [0.25, 0.3) is 0 Å². The second kappa shape index (κ2) is 7.11. The molecule has 1 N–H and O–H groups in total. The number of hydrogen-bond donors (Lipinski definition) is 1. The average Bonchev–Trinajstić information content (AvgIpc) is 2.40. The molecule has 0 amide bonds. The molecule has 118 valence electrons. The number of rotatable bonds is 5. The average molecular weight is 290 g/mol. The Morgan fingerprint density at radius 1 is 1.05 bits per heavy atom. The Morgan fingerprint density at radius 3 is 2.20 bits per heavy atom. The highest BCUT2D eigenvalue weighted by molar-refractivity contribution is 4.84. The molecule has 0 atom stereocenters. The van der Waals surface area contributed by atoms with Gasteiger partial charge in [-0.1, -0.05) is 0 Å². The van der Waals surface area contributed by atoms with E-state index < -0.39 is 5.92 Å². The molecule has 0 aromatic heterocycles. The fourth-order valence-electron chi connectivity index (χ4n) is 3.29. The fraction of sp³-hybridized carbons (Fsp3) is 1.00. The third kappa shape index (κ3) is 4.62. The van der Waals surface area contributed by atoms with E-state index in [1.165, 1.54) is 12.8 Å². The summed E-state index contributed by atoms with van der Waals surface area (Å²) < 4.78 is 27.2. The topological polar surface area (TPSA) is 21.8 Å². The van der Waals surface area contributed by atoms with E-state index in [1.54, 1.807) is 7.05 Å². The minimum Gasteiger partial charge on any atom is -0.314 e. The van der Waals surface area contributed by atoms with Crippen molar-refractivity contribution in [2.24, 2.45) is 0 Å². The summed E-state index contributed by atoms with van der Waals surface area (Å²) in [5.41, 5.74) is 0. The maximum atomic E-state index is 13.6. The van der Waals surface area contributed by atoms with Gasteiger partial charge in [-0.25, -0.2) is 8.78 Å². The predicted octanol–water partition coefficient (Wildman–Crippen LogP) is 0.553.